The molecule has 0 aromatic rings. The fourth-order valence-electron chi connectivity index (χ4n) is 5.55. The monoisotopic (exact) mass is 563 g/mol. The first-order valence-corrected chi connectivity index (χ1v) is 18.5. The molecule has 0 bridgehead atoms. The Bertz CT molecular complexity index is 510. The molecule has 0 heterocycles. The maximum atomic E-state index is 11.9. The van der Waals surface area contributed by atoms with Crippen LogP contribution in [0.4, 0.5) is 0 Å². The number of ether oxygens (including phenoxy) is 1. The summed E-state index contributed by atoms with van der Waals surface area (Å²) in [6.45, 7) is 7.57. The van der Waals surface area contributed by atoms with Crippen LogP contribution in [0.3, 0.4) is 0 Å². The fraction of sp³-hybridized carbons (Fsp3) is 0.921. The van der Waals surface area contributed by atoms with E-state index in [-0.39, 0.29) is 5.97 Å². The average molecular weight is 563 g/mol. The topological polar surface area (TPSA) is 26.3 Å². The maximum absolute atomic E-state index is 11.9. The maximum Gasteiger partial charge on any atom is 0.305 e. The molecule has 0 fully saturated rings. The number of hydrogen-bond acceptors (Lipinski definition) is 2. The van der Waals surface area contributed by atoms with Gasteiger partial charge >= 0.3 is 5.97 Å². The first kappa shape index (κ1) is 39.2. The van der Waals surface area contributed by atoms with Gasteiger partial charge < -0.3 is 4.74 Å². The number of esters is 1. The van der Waals surface area contributed by atoms with Crippen LogP contribution in [-0.2, 0) is 9.53 Å². The molecule has 0 aliphatic carbocycles. The third-order valence-corrected chi connectivity index (χ3v) is 8.33. The molecule has 0 aromatic carbocycles. The normalized spacial score (nSPS) is 11.7. The Morgan fingerprint density at radius 3 is 1.32 bits per heavy atom. The average Bonchev–Trinajstić information content (AvgIpc) is 2.94. The minimum atomic E-state index is 0.0231. The zero-order valence-corrected chi connectivity index (χ0v) is 28.0. The summed E-state index contributed by atoms with van der Waals surface area (Å²) >= 11 is 0. The van der Waals surface area contributed by atoms with Gasteiger partial charge in [0, 0.05) is 6.42 Å². The van der Waals surface area contributed by atoms with Crippen LogP contribution in [0.15, 0.2) is 12.2 Å². The molecule has 0 N–H and O–H groups in total. The molecular formula is C38H74O2. The highest BCUT2D eigenvalue weighted by atomic mass is 16.5. The number of unbranched alkanes of at least 4 members (excludes halogenated alkanes) is 25. The molecular weight excluding hydrogens is 488 g/mol. The molecule has 0 saturated heterocycles. The number of hydrogen-bond donors (Lipinski definition) is 0. The second-order valence-corrected chi connectivity index (χ2v) is 13.0. The van der Waals surface area contributed by atoms with Gasteiger partial charge in [0.1, 0.15) is 0 Å². The zero-order chi connectivity index (χ0) is 29.2. The van der Waals surface area contributed by atoms with Gasteiger partial charge in [-0.15, -0.1) is 0 Å². The molecule has 238 valence electrons. The molecule has 0 saturated carbocycles. The lowest BCUT2D eigenvalue weighted by molar-refractivity contribution is -0.143. The van der Waals surface area contributed by atoms with Gasteiger partial charge in [-0.05, 0) is 44.4 Å². The van der Waals surface area contributed by atoms with Crippen molar-refractivity contribution in [3.8, 4) is 0 Å². The lowest BCUT2D eigenvalue weighted by Gasteiger charge is -2.06. The first-order valence-electron chi connectivity index (χ1n) is 18.5. The van der Waals surface area contributed by atoms with Crippen LogP contribution in [0.5, 0.6) is 0 Å². The van der Waals surface area contributed by atoms with Crippen molar-refractivity contribution < 1.29 is 9.53 Å². The number of rotatable bonds is 33. The molecule has 0 aliphatic rings. The van der Waals surface area contributed by atoms with Crippen LogP contribution in [0.25, 0.3) is 0 Å². The molecule has 0 atom stereocenters. The molecule has 0 aromatic heterocycles. The summed E-state index contributed by atoms with van der Waals surface area (Å²) in [6, 6.07) is 0. The van der Waals surface area contributed by atoms with Crippen molar-refractivity contribution in [2.45, 2.75) is 213 Å². The van der Waals surface area contributed by atoms with Gasteiger partial charge in [0.15, 0.2) is 0 Å². The third kappa shape index (κ3) is 35.2. The Morgan fingerprint density at radius 2 is 0.875 bits per heavy atom. The summed E-state index contributed by atoms with van der Waals surface area (Å²) in [5.41, 5.74) is 0. The van der Waals surface area contributed by atoms with Crippen LogP contribution in [-0.4, -0.2) is 12.6 Å². The fourth-order valence-corrected chi connectivity index (χ4v) is 5.55. The highest BCUT2D eigenvalue weighted by Crippen LogP contribution is 2.15. The molecule has 40 heavy (non-hydrogen) atoms. The highest BCUT2D eigenvalue weighted by Gasteiger charge is 2.03. The van der Waals surface area contributed by atoms with Crippen LogP contribution >= 0.6 is 0 Å². The molecule has 2 heteroatoms. The number of allylic oxidation sites excluding steroid dienone is 2. The largest absolute Gasteiger partial charge is 0.466 e. The zero-order valence-electron chi connectivity index (χ0n) is 28.0. The van der Waals surface area contributed by atoms with Crippen LogP contribution in [0.1, 0.15) is 213 Å². The van der Waals surface area contributed by atoms with Gasteiger partial charge in [-0.2, -0.15) is 0 Å². The first-order chi connectivity index (χ1) is 19.7. The van der Waals surface area contributed by atoms with Crippen LogP contribution in [0, 0.1) is 5.92 Å². The van der Waals surface area contributed by atoms with E-state index < -0.39 is 0 Å². The van der Waals surface area contributed by atoms with Crippen molar-refractivity contribution in [1.82, 2.24) is 0 Å². The summed E-state index contributed by atoms with van der Waals surface area (Å²) in [5.74, 6) is 0.895. The van der Waals surface area contributed by atoms with E-state index in [0.717, 1.165) is 18.8 Å². The van der Waals surface area contributed by atoms with Gasteiger partial charge in [0.2, 0.25) is 0 Å². The van der Waals surface area contributed by atoms with Crippen molar-refractivity contribution in [2.75, 3.05) is 6.61 Å². The predicted octanol–water partition coefficient (Wildman–Crippen LogP) is 13.5. The van der Waals surface area contributed by atoms with Crippen molar-refractivity contribution in [3.05, 3.63) is 12.2 Å². The summed E-state index contributed by atoms with van der Waals surface area (Å²) < 4.78 is 5.45. The van der Waals surface area contributed by atoms with E-state index in [1.165, 1.54) is 173 Å². The van der Waals surface area contributed by atoms with E-state index in [0.29, 0.717) is 13.0 Å². The smallest absolute Gasteiger partial charge is 0.305 e. The van der Waals surface area contributed by atoms with Crippen molar-refractivity contribution in [1.29, 1.82) is 0 Å². The van der Waals surface area contributed by atoms with Crippen molar-refractivity contribution in [2.24, 2.45) is 5.92 Å². The third-order valence-electron chi connectivity index (χ3n) is 8.33. The Kier molecular flexibility index (Phi) is 33.7. The van der Waals surface area contributed by atoms with Gasteiger partial charge in [0.25, 0.3) is 0 Å². The van der Waals surface area contributed by atoms with Crippen LogP contribution in [0.2, 0.25) is 0 Å². The predicted molar refractivity (Wildman–Crippen MR) is 179 cm³/mol. The lowest BCUT2D eigenvalue weighted by Crippen LogP contribution is -2.05. The van der Waals surface area contributed by atoms with Gasteiger partial charge in [0.05, 0.1) is 6.61 Å². The molecule has 0 aliphatic heterocycles. The molecule has 2 nitrogen and oxygen atoms in total. The highest BCUT2D eigenvalue weighted by molar-refractivity contribution is 5.69. The SMILES string of the molecule is CCCCCCC=CCCCCCCCCCCCC(=O)OCCCCCCCCCCCCCCCC(C)C. The van der Waals surface area contributed by atoms with E-state index >= 15 is 0 Å². The van der Waals surface area contributed by atoms with E-state index in [9.17, 15) is 4.79 Å². The Labute approximate surface area is 253 Å². The molecule has 0 rings (SSSR count). The van der Waals surface area contributed by atoms with Crippen molar-refractivity contribution >= 4 is 5.97 Å². The van der Waals surface area contributed by atoms with E-state index in [1.807, 2.05) is 0 Å². The summed E-state index contributed by atoms with van der Waals surface area (Å²) in [4.78, 5) is 11.9. The lowest BCUT2D eigenvalue weighted by atomic mass is 10.0. The van der Waals surface area contributed by atoms with Gasteiger partial charge in [-0.3, -0.25) is 4.79 Å². The Balaban J connectivity index is 3.18. The standard InChI is InChI=1S/C38H74O2/c1-4-5-6-7-8-9-10-11-12-13-14-17-20-23-26-29-32-35-38(39)40-36-33-30-27-24-21-18-15-16-19-22-25-28-31-34-37(2)3/h9-10,37H,4-8,11-36H2,1-3H3. The summed E-state index contributed by atoms with van der Waals surface area (Å²) in [6.07, 6.45) is 44.2. The minimum absolute atomic E-state index is 0.0231. The molecule has 0 amide bonds. The second kappa shape index (κ2) is 34.4. The summed E-state index contributed by atoms with van der Waals surface area (Å²) in [7, 11) is 0. The minimum Gasteiger partial charge on any atom is -0.466 e. The van der Waals surface area contributed by atoms with Gasteiger partial charge in [-0.25, -0.2) is 0 Å². The van der Waals surface area contributed by atoms with Crippen LogP contribution < -0.4 is 0 Å². The summed E-state index contributed by atoms with van der Waals surface area (Å²) in [5, 5.41) is 0. The van der Waals surface area contributed by atoms with Crippen molar-refractivity contribution in [3.63, 3.8) is 0 Å². The van der Waals surface area contributed by atoms with E-state index in [1.54, 1.807) is 0 Å². The van der Waals surface area contributed by atoms with Gasteiger partial charge in [-0.1, -0.05) is 181 Å². The molecule has 0 spiro atoms. The van der Waals surface area contributed by atoms with E-state index in [4.69, 9.17) is 4.74 Å². The Hall–Kier alpha value is -0.790. The second-order valence-electron chi connectivity index (χ2n) is 13.0. The molecule has 0 unspecified atom stereocenters. The number of carbonyl (C=O) groups is 1. The quantitative estimate of drug-likeness (QED) is 0.0451. The Morgan fingerprint density at radius 1 is 0.500 bits per heavy atom. The molecule has 0 radical (unpaired) electrons. The van der Waals surface area contributed by atoms with E-state index in [2.05, 4.69) is 32.9 Å². The number of carbonyl (C=O) groups excluding carboxylic acids is 1.